The van der Waals surface area contributed by atoms with Crippen LogP contribution in [0.25, 0.3) is 0 Å². The molecule has 3 atom stereocenters. The van der Waals surface area contributed by atoms with Crippen LogP contribution in [0, 0.1) is 0 Å². The average molecular weight is 615 g/mol. The van der Waals surface area contributed by atoms with E-state index in [1.807, 2.05) is 48.5 Å². The first-order chi connectivity index (χ1) is 20.6. The lowest BCUT2D eigenvalue weighted by molar-refractivity contribution is 0.133. The van der Waals surface area contributed by atoms with Crippen molar-refractivity contribution in [2.45, 2.75) is 27.9 Å². The number of benzene rings is 3. The Morgan fingerprint density at radius 3 is 1.91 bits per heavy atom. The van der Waals surface area contributed by atoms with Crippen molar-refractivity contribution in [1.29, 1.82) is 0 Å². The summed E-state index contributed by atoms with van der Waals surface area (Å²) in [6.07, 6.45) is 3.30. The van der Waals surface area contributed by atoms with Gasteiger partial charge in [-0.1, -0.05) is 60.7 Å². The van der Waals surface area contributed by atoms with Gasteiger partial charge in [0.15, 0.2) is 9.84 Å². The number of aliphatic hydroxyl groups is 1. The van der Waals surface area contributed by atoms with Crippen molar-refractivity contribution in [2.75, 3.05) is 16.3 Å². The van der Waals surface area contributed by atoms with Gasteiger partial charge in [0.2, 0.25) is 0 Å². The Morgan fingerprint density at radius 1 is 0.674 bits per heavy atom. The number of aliphatic hydroxyl groups excluding tert-OH is 1. The Hall–Kier alpha value is -4.58. The Bertz CT molecular complexity index is 1870. The highest BCUT2D eigenvalue weighted by Gasteiger charge is 2.35. The van der Waals surface area contributed by atoms with E-state index in [1.165, 1.54) is 24.3 Å². The van der Waals surface area contributed by atoms with Gasteiger partial charge in [0.25, 0.3) is 10.0 Å². The van der Waals surface area contributed by atoms with Gasteiger partial charge in [0.1, 0.15) is 5.82 Å². The van der Waals surface area contributed by atoms with Crippen LogP contribution in [0.3, 0.4) is 0 Å². The van der Waals surface area contributed by atoms with Gasteiger partial charge in [0.05, 0.1) is 33.5 Å². The number of hydrogen-bond donors (Lipinski definition) is 3. The first-order valence-electron chi connectivity index (χ1n) is 13.4. The SMILES string of the molecule is CS(=O)(=O)c1ccc(S(=O)(=O)Nc2ccccc2C(Nc2ccccn2)C(c2ccccn2)C(O)c2ccccc2)cc1. The maximum absolute atomic E-state index is 13.5. The minimum absolute atomic E-state index is 0.0135. The molecule has 0 saturated carbocycles. The van der Waals surface area contributed by atoms with Crippen molar-refractivity contribution in [3.8, 4) is 0 Å². The predicted molar refractivity (Wildman–Crippen MR) is 166 cm³/mol. The van der Waals surface area contributed by atoms with E-state index in [9.17, 15) is 21.9 Å². The lowest BCUT2D eigenvalue weighted by Crippen LogP contribution is -2.27. The van der Waals surface area contributed by atoms with E-state index in [-0.39, 0.29) is 15.5 Å². The Labute approximate surface area is 251 Å². The van der Waals surface area contributed by atoms with E-state index < -0.39 is 37.9 Å². The van der Waals surface area contributed by atoms with Gasteiger partial charge in [-0.25, -0.2) is 21.8 Å². The summed E-state index contributed by atoms with van der Waals surface area (Å²) >= 11 is 0. The number of hydrogen-bond acceptors (Lipinski definition) is 8. The van der Waals surface area contributed by atoms with Crippen LogP contribution in [0.5, 0.6) is 0 Å². The van der Waals surface area contributed by atoms with Crippen LogP contribution in [0.4, 0.5) is 11.5 Å². The molecule has 0 radical (unpaired) electrons. The highest BCUT2D eigenvalue weighted by atomic mass is 32.2. The molecule has 0 spiro atoms. The summed E-state index contributed by atoms with van der Waals surface area (Å²) in [7, 11) is -7.63. The number of anilines is 2. The fourth-order valence-corrected chi connectivity index (χ4v) is 6.56. The Morgan fingerprint density at radius 2 is 1.28 bits per heavy atom. The lowest BCUT2D eigenvalue weighted by atomic mass is 9.82. The second-order valence-corrected chi connectivity index (χ2v) is 13.6. The van der Waals surface area contributed by atoms with E-state index in [0.717, 1.165) is 6.26 Å². The molecule has 43 heavy (non-hydrogen) atoms. The van der Waals surface area contributed by atoms with Gasteiger partial charge in [-0.3, -0.25) is 9.71 Å². The van der Waals surface area contributed by atoms with Crippen LogP contribution in [-0.2, 0) is 19.9 Å². The summed E-state index contributed by atoms with van der Waals surface area (Å²) in [6, 6.07) is 31.2. The zero-order valence-corrected chi connectivity index (χ0v) is 24.8. The zero-order chi connectivity index (χ0) is 30.5. The fourth-order valence-electron chi connectivity index (χ4n) is 4.84. The number of para-hydroxylation sites is 1. The Balaban J connectivity index is 1.62. The molecular formula is C32H30N4O5S2. The third kappa shape index (κ3) is 7.08. The van der Waals surface area contributed by atoms with Crippen molar-refractivity contribution in [3.05, 3.63) is 144 Å². The maximum atomic E-state index is 13.5. The normalized spacial score (nSPS) is 13.9. The number of nitrogens with zero attached hydrogens (tertiary/aromatic N) is 2. The molecule has 0 aliphatic rings. The van der Waals surface area contributed by atoms with Crippen LogP contribution < -0.4 is 10.0 Å². The second kappa shape index (κ2) is 12.7. The number of rotatable bonds is 11. The minimum Gasteiger partial charge on any atom is -0.388 e. The van der Waals surface area contributed by atoms with Crippen molar-refractivity contribution in [3.63, 3.8) is 0 Å². The van der Waals surface area contributed by atoms with E-state index in [1.54, 1.807) is 54.9 Å². The van der Waals surface area contributed by atoms with Crippen LogP contribution in [-0.4, -0.2) is 38.2 Å². The van der Waals surface area contributed by atoms with Crippen molar-refractivity contribution >= 4 is 31.4 Å². The minimum atomic E-state index is -4.13. The van der Waals surface area contributed by atoms with Crippen LogP contribution in [0.1, 0.15) is 34.9 Å². The number of sulfonamides is 1. The summed E-state index contributed by atoms with van der Waals surface area (Å²) in [5, 5.41) is 15.3. The monoisotopic (exact) mass is 614 g/mol. The number of pyridine rings is 2. The van der Waals surface area contributed by atoms with E-state index >= 15 is 0 Å². The van der Waals surface area contributed by atoms with Crippen molar-refractivity contribution in [1.82, 2.24) is 9.97 Å². The topological polar surface area (TPSA) is 138 Å². The molecule has 3 N–H and O–H groups in total. The first kappa shape index (κ1) is 29.9. The molecule has 2 aromatic heterocycles. The van der Waals surface area contributed by atoms with Crippen LogP contribution in [0.15, 0.2) is 137 Å². The van der Waals surface area contributed by atoms with Crippen LogP contribution in [0.2, 0.25) is 0 Å². The zero-order valence-electron chi connectivity index (χ0n) is 23.1. The van der Waals surface area contributed by atoms with Gasteiger partial charge in [-0.15, -0.1) is 0 Å². The van der Waals surface area contributed by atoms with Crippen molar-refractivity contribution < 1.29 is 21.9 Å². The third-order valence-corrected chi connectivity index (χ3v) is 9.45. The van der Waals surface area contributed by atoms with E-state index in [4.69, 9.17) is 0 Å². The molecule has 0 aliphatic heterocycles. The maximum Gasteiger partial charge on any atom is 0.261 e. The van der Waals surface area contributed by atoms with Gasteiger partial charge >= 0.3 is 0 Å². The highest BCUT2D eigenvalue weighted by Crippen LogP contribution is 2.44. The summed E-state index contributed by atoms with van der Waals surface area (Å²) in [6.45, 7) is 0. The molecule has 0 saturated heterocycles. The molecule has 11 heteroatoms. The quantitative estimate of drug-likeness (QED) is 0.181. The van der Waals surface area contributed by atoms with Gasteiger partial charge in [-0.2, -0.15) is 0 Å². The standard InChI is InChI=1S/C32H30N4O5S2/c1-42(38,39)24-17-19-25(20-18-24)43(40,41)36-27-14-6-5-13-26(27)31(35-29-16-8-10-22-34-29)30(28-15-7-9-21-33-28)32(37)23-11-3-2-4-12-23/h2-22,30-32,36-37H,1H3,(H,34,35). The average Bonchev–Trinajstić information content (AvgIpc) is 3.02. The molecule has 0 aliphatic carbocycles. The third-order valence-electron chi connectivity index (χ3n) is 6.94. The molecule has 3 unspecified atom stereocenters. The van der Waals surface area contributed by atoms with E-state index in [0.29, 0.717) is 22.6 Å². The molecular weight excluding hydrogens is 585 g/mol. The van der Waals surface area contributed by atoms with Gasteiger partial charge < -0.3 is 10.4 Å². The molecule has 5 aromatic rings. The molecule has 5 rings (SSSR count). The fraction of sp³-hybridized carbons (Fsp3) is 0.125. The molecule has 0 amide bonds. The second-order valence-electron chi connectivity index (χ2n) is 9.91. The Kier molecular flexibility index (Phi) is 8.86. The van der Waals surface area contributed by atoms with Gasteiger partial charge in [-0.05, 0) is 65.7 Å². The predicted octanol–water partition coefficient (Wildman–Crippen LogP) is 5.35. The molecule has 9 nitrogen and oxygen atoms in total. The largest absolute Gasteiger partial charge is 0.388 e. The summed E-state index contributed by atoms with van der Waals surface area (Å²) in [4.78, 5) is 8.93. The molecule has 2 heterocycles. The summed E-state index contributed by atoms with van der Waals surface area (Å²) in [5.74, 6) is -0.173. The highest BCUT2D eigenvalue weighted by molar-refractivity contribution is 7.92. The van der Waals surface area contributed by atoms with Crippen LogP contribution >= 0.6 is 0 Å². The number of sulfone groups is 1. The van der Waals surface area contributed by atoms with Crippen molar-refractivity contribution in [2.24, 2.45) is 0 Å². The molecule has 0 bridgehead atoms. The molecule has 3 aromatic carbocycles. The van der Waals surface area contributed by atoms with Gasteiger partial charge in [0, 0.05) is 24.3 Å². The number of nitrogens with one attached hydrogen (secondary N) is 2. The first-order valence-corrected chi connectivity index (χ1v) is 16.7. The summed E-state index contributed by atoms with van der Waals surface area (Å²) < 4.78 is 53.5. The molecule has 220 valence electrons. The molecule has 0 fully saturated rings. The lowest BCUT2D eigenvalue weighted by Gasteiger charge is -2.33. The number of aromatic nitrogens is 2. The summed E-state index contributed by atoms with van der Waals surface area (Å²) in [5.41, 5.74) is 2.05. The van der Waals surface area contributed by atoms with E-state index in [2.05, 4.69) is 20.0 Å². The smallest absolute Gasteiger partial charge is 0.261 e.